The van der Waals surface area contributed by atoms with Gasteiger partial charge in [0.05, 0.1) is 19.1 Å². The first kappa shape index (κ1) is 19.1. The van der Waals surface area contributed by atoms with Crippen molar-refractivity contribution in [2.75, 3.05) is 13.1 Å². The van der Waals surface area contributed by atoms with Gasteiger partial charge in [-0.3, -0.25) is 9.59 Å². The lowest BCUT2D eigenvalue weighted by atomic mass is 9.95. The molecular formula is C19H25N3O2S. The van der Waals surface area contributed by atoms with Gasteiger partial charge in [0.15, 0.2) is 0 Å². The zero-order valence-electron chi connectivity index (χ0n) is 14.6. The van der Waals surface area contributed by atoms with Crippen LogP contribution in [0.5, 0.6) is 0 Å². The molecule has 1 aromatic heterocycles. The van der Waals surface area contributed by atoms with Crippen molar-refractivity contribution < 1.29 is 9.59 Å². The SMILES string of the molecule is CCC(C)c1ccc(C(NC(=O)CNC(=O)CN)c2cccs2)cc1. The van der Waals surface area contributed by atoms with Gasteiger partial charge in [-0.25, -0.2) is 0 Å². The third-order valence-electron chi connectivity index (χ3n) is 4.22. The van der Waals surface area contributed by atoms with Crippen LogP contribution in [0.1, 0.15) is 48.2 Å². The van der Waals surface area contributed by atoms with Gasteiger partial charge >= 0.3 is 0 Å². The predicted octanol–water partition coefficient (Wildman–Crippen LogP) is 2.54. The van der Waals surface area contributed by atoms with Gasteiger partial charge in [-0.15, -0.1) is 11.3 Å². The molecule has 5 nitrogen and oxygen atoms in total. The van der Waals surface area contributed by atoms with E-state index < -0.39 is 0 Å². The highest BCUT2D eigenvalue weighted by Crippen LogP contribution is 2.28. The lowest BCUT2D eigenvalue weighted by Crippen LogP contribution is -2.40. The quantitative estimate of drug-likeness (QED) is 0.677. The Morgan fingerprint density at radius 1 is 1.12 bits per heavy atom. The molecule has 0 aliphatic rings. The third kappa shape index (κ3) is 5.41. The van der Waals surface area contributed by atoms with Gasteiger partial charge in [-0.05, 0) is 34.9 Å². The number of rotatable bonds is 8. The van der Waals surface area contributed by atoms with E-state index in [9.17, 15) is 9.59 Å². The lowest BCUT2D eigenvalue weighted by molar-refractivity contribution is -0.125. The van der Waals surface area contributed by atoms with Crippen LogP contribution in [0.15, 0.2) is 41.8 Å². The smallest absolute Gasteiger partial charge is 0.240 e. The van der Waals surface area contributed by atoms with Crippen molar-refractivity contribution in [2.24, 2.45) is 5.73 Å². The molecule has 4 N–H and O–H groups in total. The number of amides is 2. The number of nitrogens with one attached hydrogen (secondary N) is 2. The highest BCUT2D eigenvalue weighted by molar-refractivity contribution is 7.10. The van der Waals surface area contributed by atoms with Gasteiger partial charge in [0, 0.05) is 4.88 Å². The van der Waals surface area contributed by atoms with Gasteiger partial charge in [-0.2, -0.15) is 0 Å². The van der Waals surface area contributed by atoms with Crippen LogP contribution in [0.3, 0.4) is 0 Å². The van der Waals surface area contributed by atoms with Crippen LogP contribution in [0.25, 0.3) is 0 Å². The van der Waals surface area contributed by atoms with Crippen LogP contribution in [-0.2, 0) is 9.59 Å². The number of carbonyl (C=O) groups is 2. The van der Waals surface area contributed by atoms with Crippen LogP contribution in [-0.4, -0.2) is 24.9 Å². The largest absolute Gasteiger partial charge is 0.346 e. The molecule has 0 radical (unpaired) electrons. The summed E-state index contributed by atoms with van der Waals surface area (Å²) >= 11 is 1.59. The second-order valence-corrected chi connectivity index (χ2v) is 6.95. The summed E-state index contributed by atoms with van der Waals surface area (Å²) in [4.78, 5) is 24.5. The van der Waals surface area contributed by atoms with Crippen molar-refractivity contribution in [1.29, 1.82) is 0 Å². The standard InChI is InChI=1S/C19H25N3O2S/c1-3-13(2)14-6-8-15(9-7-14)19(16-5-4-10-25-16)22-18(24)12-21-17(23)11-20/h4-10,13,19H,3,11-12,20H2,1-2H3,(H,21,23)(H,22,24). The molecule has 0 aliphatic heterocycles. The van der Waals surface area contributed by atoms with E-state index in [4.69, 9.17) is 5.73 Å². The summed E-state index contributed by atoms with van der Waals surface area (Å²) in [6, 6.07) is 12.1. The zero-order chi connectivity index (χ0) is 18.2. The molecular weight excluding hydrogens is 334 g/mol. The van der Waals surface area contributed by atoms with Crippen LogP contribution in [0.2, 0.25) is 0 Å². The molecule has 25 heavy (non-hydrogen) atoms. The monoisotopic (exact) mass is 359 g/mol. The van der Waals surface area contributed by atoms with Crippen molar-refractivity contribution in [3.63, 3.8) is 0 Å². The molecule has 0 saturated heterocycles. The van der Waals surface area contributed by atoms with E-state index in [0.717, 1.165) is 16.9 Å². The molecule has 2 amide bonds. The van der Waals surface area contributed by atoms with E-state index in [1.165, 1.54) is 5.56 Å². The Balaban J connectivity index is 2.14. The van der Waals surface area contributed by atoms with Gasteiger partial charge < -0.3 is 16.4 Å². The average Bonchev–Trinajstić information content (AvgIpc) is 3.18. The Morgan fingerprint density at radius 2 is 1.80 bits per heavy atom. The second kappa shape index (κ2) is 9.34. The predicted molar refractivity (Wildman–Crippen MR) is 102 cm³/mol. The van der Waals surface area contributed by atoms with Gasteiger partial charge in [0.25, 0.3) is 0 Å². The molecule has 2 aromatic rings. The fourth-order valence-electron chi connectivity index (χ4n) is 2.49. The summed E-state index contributed by atoms with van der Waals surface area (Å²) < 4.78 is 0. The minimum atomic E-state index is -0.347. The molecule has 0 bridgehead atoms. The average molecular weight is 359 g/mol. The summed E-state index contributed by atoms with van der Waals surface area (Å²) in [7, 11) is 0. The van der Waals surface area contributed by atoms with E-state index in [-0.39, 0.29) is 30.9 Å². The molecule has 0 saturated carbocycles. The number of hydrogen-bond donors (Lipinski definition) is 3. The topological polar surface area (TPSA) is 84.2 Å². The van der Waals surface area contributed by atoms with Crippen molar-refractivity contribution >= 4 is 23.2 Å². The van der Waals surface area contributed by atoms with Gasteiger partial charge in [0.2, 0.25) is 11.8 Å². The minimum Gasteiger partial charge on any atom is -0.346 e. The molecule has 0 aliphatic carbocycles. The number of carbonyl (C=O) groups excluding carboxylic acids is 2. The number of nitrogens with two attached hydrogens (primary N) is 1. The fraction of sp³-hybridized carbons (Fsp3) is 0.368. The van der Waals surface area contributed by atoms with Gasteiger partial charge in [0.1, 0.15) is 0 Å². The Kier molecular flexibility index (Phi) is 7.16. The number of hydrogen-bond acceptors (Lipinski definition) is 4. The van der Waals surface area contributed by atoms with Crippen LogP contribution in [0.4, 0.5) is 0 Å². The molecule has 0 spiro atoms. The maximum absolute atomic E-state index is 12.2. The normalized spacial score (nSPS) is 13.1. The molecule has 2 atom stereocenters. The highest BCUT2D eigenvalue weighted by atomic mass is 32.1. The van der Waals surface area contributed by atoms with E-state index in [1.807, 2.05) is 17.5 Å². The maximum Gasteiger partial charge on any atom is 0.240 e. The molecule has 134 valence electrons. The number of thiophene rings is 1. The zero-order valence-corrected chi connectivity index (χ0v) is 15.4. The summed E-state index contributed by atoms with van der Waals surface area (Å²) in [5.74, 6) is -0.0813. The molecule has 1 aromatic carbocycles. The van der Waals surface area contributed by atoms with Crippen molar-refractivity contribution in [3.05, 3.63) is 57.8 Å². The first-order valence-electron chi connectivity index (χ1n) is 8.44. The Bertz CT molecular complexity index is 683. The molecule has 2 unspecified atom stereocenters. The molecule has 2 rings (SSSR count). The third-order valence-corrected chi connectivity index (χ3v) is 5.15. The van der Waals surface area contributed by atoms with E-state index in [0.29, 0.717) is 5.92 Å². The van der Waals surface area contributed by atoms with Crippen LogP contribution >= 0.6 is 11.3 Å². The second-order valence-electron chi connectivity index (χ2n) is 5.97. The lowest BCUT2D eigenvalue weighted by Gasteiger charge is -2.19. The summed E-state index contributed by atoms with van der Waals surface area (Å²) in [6.45, 7) is 4.16. The van der Waals surface area contributed by atoms with E-state index in [1.54, 1.807) is 11.3 Å². The first-order valence-corrected chi connectivity index (χ1v) is 9.32. The summed E-state index contributed by atoms with van der Waals surface area (Å²) in [5.41, 5.74) is 7.55. The Hall–Kier alpha value is -2.18. The van der Waals surface area contributed by atoms with Crippen molar-refractivity contribution in [2.45, 2.75) is 32.2 Å². The Morgan fingerprint density at radius 3 is 2.36 bits per heavy atom. The van der Waals surface area contributed by atoms with Crippen LogP contribution < -0.4 is 16.4 Å². The van der Waals surface area contributed by atoms with Crippen molar-refractivity contribution in [3.8, 4) is 0 Å². The first-order chi connectivity index (χ1) is 12.0. The van der Waals surface area contributed by atoms with Crippen molar-refractivity contribution in [1.82, 2.24) is 10.6 Å². The fourth-order valence-corrected chi connectivity index (χ4v) is 3.29. The number of benzene rings is 1. The molecule has 1 heterocycles. The summed E-state index contributed by atoms with van der Waals surface area (Å²) in [6.07, 6.45) is 1.09. The summed E-state index contributed by atoms with van der Waals surface area (Å²) in [5, 5.41) is 7.47. The maximum atomic E-state index is 12.2. The van der Waals surface area contributed by atoms with Gasteiger partial charge in [-0.1, -0.05) is 44.2 Å². The minimum absolute atomic E-state index is 0.0805. The van der Waals surface area contributed by atoms with Crippen LogP contribution in [0, 0.1) is 0 Å². The Labute approximate surface area is 152 Å². The van der Waals surface area contributed by atoms with E-state index >= 15 is 0 Å². The molecule has 6 heteroatoms. The highest BCUT2D eigenvalue weighted by Gasteiger charge is 2.18. The van der Waals surface area contributed by atoms with E-state index in [2.05, 4.69) is 48.7 Å². The molecule has 0 fully saturated rings.